The Morgan fingerprint density at radius 2 is 2.04 bits per heavy atom. The fraction of sp³-hybridized carbons (Fsp3) is 0.421. The molecule has 2 heterocycles. The summed E-state index contributed by atoms with van der Waals surface area (Å²) >= 11 is 0. The van der Waals surface area contributed by atoms with Crippen LogP contribution in [0.3, 0.4) is 0 Å². The fourth-order valence-electron chi connectivity index (χ4n) is 2.99. The van der Waals surface area contributed by atoms with Gasteiger partial charge < -0.3 is 15.7 Å². The van der Waals surface area contributed by atoms with Crippen molar-refractivity contribution in [2.45, 2.75) is 45.4 Å². The maximum Gasteiger partial charge on any atom is 0.303 e. The molecule has 0 aliphatic rings. The molecule has 3 aromatic rings. The van der Waals surface area contributed by atoms with Crippen molar-refractivity contribution in [3.63, 3.8) is 0 Å². The van der Waals surface area contributed by atoms with Gasteiger partial charge in [0.1, 0.15) is 23.5 Å². The smallest absolute Gasteiger partial charge is 0.303 e. The summed E-state index contributed by atoms with van der Waals surface area (Å²) in [6.45, 7) is 2.56. The minimum Gasteiger partial charge on any atom is -0.481 e. The van der Waals surface area contributed by atoms with Gasteiger partial charge >= 0.3 is 5.97 Å². The van der Waals surface area contributed by atoms with Gasteiger partial charge in [0.15, 0.2) is 5.82 Å². The molecule has 0 fully saturated rings. The van der Waals surface area contributed by atoms with Crippen LogP contribution < -0.4 is 10.6 Å². The fourth-order valence-corrected chi connectivity index (χ4v) is 2.99. The van der Waals surface area contributed by atoms with Crippen molar-refractivity contribution < 1.29 is 14.7 Å². The second-order valence-electron chi connectivity index (χ2n) is 6.32. The predicted molar refractivity (Wildman–Crippen MR) is 101 cm³/mol. The molecule has 2 aromatic heterocycles. The first-order valence-corrected chi connectivity index (χ1v) is 9.02. The molecule has 0 atom stereocenters. The summed E-state index contributed by atoms with van der Waals surface area (Å²) in [7, 11) is 0. The molecule has 0 amide bonds. The minimum atomic E-state index is -0.786. The number of benzene rings is 1. The Kier molecular flexibility index (Phi) is 5.55. The number of aryl methyl sites for hydroxylation is 1. The molecule has 7 heteroatoms. The van der Waals surface area contributed by atoms with Gasteiger partial charge in [-0.2, -0.15) is 4.73 Å². The van der Waals surface area contributed by atoms with Gasteiger partial charge in [0.2, 0.25) is 0 Å². The predicted octanol–water partition coefficient (Wildman–Crippen LogP) is 3.19. The van der Waals surface area contributed by atoms with Crippen LogP contribution in [0.2, 0.25) is 0 Å². The average molecular weight is 356 g/mol. The molecular weight excluding hydrogens is 332 g/mol. The number of aliphatic carboxylic acids is 1. The third kappa shape index (κ3) is 3.71. The van der Waals surface area contributed by atoms with Gasteiger partial charge in [0, 0.05) is 18.2 Å². The molecule has 0 saturated heterocycles. The van der Waals surface area contributed by atoms with Crippen LogP contribution >= 0.6 is 0 Å². The Hall–Kier alpha value is -2.83. The SMILES string of the molecule is CCCCc1nc2c(N)nc3ccccc3c2n1OCCCCC(=O)O. The summed E-state index contributed by atoms with van der Waals surface area (Å²) in [6, 6.07) is 7.78. The van der Waals surface area contributed by atoms with E-state index in [9.17, 15) is 4.79 Å². The van der Waals surface area contributed by atoms with Crippen LogP contribution in [-0.2, 0) is 11.2 Å². The summed E-state index contributed by atoms with van der Waals surface area (Å²) in [5.41, 5.74) is 8.42. The molecule has 3 N–H and O–H groups in total. The first kappa shape index (κ1) is 18.0. The van der Waals surface area contributed by atoms with Crippen molar-refractivity contribution in [1.29, 1.82) is 0 Å². The third-order valence-corrected chi connectivity index (χ3v) is 4.30. The number of carboxylic acids is 1. The van der Waals surface area contributed by atoms with Gasteiger partial charge in [0.25, 0.3) is 0 Å². The van der Waals surface area contributed by atoms with Crippen LogP contribution in [0.15, 0.2) is 24.3 Å². The lowest BCUT2D eigenvalue weighted by atomic mass is 10.2. The highest BCUT2D eigenvalue weighted by Gasteiger charge is 2.18. The van der Waals surface area contributed by atoms with E-state index < -0.39 is 5.97 Å². The van der Waals surface area contributed by atoms with E-state index in [0.29, 0.717) is 30.8 Å². The molecule has 138 valence electrons. The van der Waals surface area contributed by atoms with Crippen LogP contribution in [-0.4, -0.2) is 32.4 Å². The molecular formula is C19H24N4O3. The molecule has 0 bridgehead atoms. The van der Waals surface area contributed by atoms with E-state index in [0.717, 1.165) is 41.5 Å². The minimum absolute atomic E-state index is 0.149. The van der Waals surface area contributed by atoms with E-state index in [1.807, 2.05) is 24.3 Å². The number of imidazole rings is 1. The number of unbranched alkanes of at least 4 members (excludes halogenated alkanes) is 2. The van der Waals surface area contributed by atoms with Gasteiger partial charge in [-0.1, -0.05) is 31.5 Å². The van der Waals surface area contributed by atoms with Gasteiger partial charge in [0.05, 0.1) is 5.52 Å². The zero-order chi connectivity index (χ0) is 18.5. The maximum absolute atomic E-state index is 10.6. The lowest BCUT2D eigenvalue weighted by Gasteiger charge is -2.12. The summed E-state index contributed by atoms with van der Waals surface area (Å²) in [6.07, 6.45) is 4.23. The van der Waals surface area contributed by atoms with Crippen molar-refractivity contribution in [3.05, 3.63) is 30.1 Å². The topological polar surface area (TPSA) is 103 Å². The van der Waals surface area contributed by atoms with Gasteiger partial charge in [-0.15, -0.1) is 0 Å². The number of fused-ring (bicyclic) bond motifs is 3. The molecule has 0 aliphatic carbocycles. The zero-order valence-corrected chi connectivity index (χ0v) is 14.9. The Bertz CT molecular complexity index is 920. The average Bonchev–Trinajstić information content (AvgIpc) is 2.99. The lowest BCUT2D eigenvalue weighted by Crippen LogP contribution is -2.16. The molecule has 0 saturated carbocycles. The van der Waals surface area contributed by atoms with Crippen molar-refractivity contribution >= 4 is 33.7 Å². The number of nitrogens with zero attached hydrogens (tertiary/aromatic N) is 3. The normalized spacial score (nSPS) is 11.3. The Balaban J connectivity index is 1.97. The number of para-hydroxylation sites is 1. The summed E-state index contributed by atoms with van der Waals surface area (Å²) in [5, 5.41) is 9.69. The van der Waals surface area contributed by atoms with Crippen LogP contribution in [0, 0.1) is 0 Å². The molecule has 0 spiro atoms. The van der Waals surface area contributed by atoms with Crippen molar-refractivity contribution in [2.24, 2.45) is 0 Å². The standard InChI is InChI=1S/C19H24N4O3/c1-2-3-10-15-22-17-18(23(15)26-12-7-6-11-16(24)25)13-8-4-5-9-14(13)21-19(17)20/h4-5,8-9H,2-3,6-7,10-12H2,1H3,(H2,20,21)(H,24,25). The van der Waals surface area contributed by atoms with Crippen molar-refractivity contribution in [3.8, 4) is 0 Å². The number of nitrogens with two attached hydrogens (primary N) is 1. The van der Waals surface area contributed by atoms with Crippen LogP contribution in [0.5, 0.6) is 0 Å². The second kappa shape index (κ2) is 8.03. The molecule has 0 aliphatic heterocycles. The molecule has 7 nitrogen and oxygen atoms in total. The molecule has 26 heavy (non-hydrogen) atoms. The van der Waals surface area contributed by atoms with Crippen LogP contribution in [0.25, 0.3) is 21.9 Å². The van der Waals surface area contributed by atoms with Gasteiger partial charge in [-0.25, -0.2) is 9.97 Å². The van der Waals surface area contributed by atoms with E-state index in [2.05, 4.69) is 16.9 Å². The summed E-state index contributed by atoms with van der Waals surface area (Å²) in [5.74, 6) is 0.432. The van der Waals surface area contributed by atoms with Crippen molar-refractivity contribution in [2.75, 3.05) is 12.3 Å². The summed E-state index contributed by atoms with van der Waals surface area (Å²) in [4.78, 5) is 25.8. The lowest BCUT2D eigenvalue weighted by molar-refractivity contribution is -0.137. The number of hydrogen-bond acceptors (Lipinski definition) is 5. The number of carbonyl (C=O) groups is 1. The van der Waals surface area contributed by atoms with Crippen LogP contribution in [0.1, 0.15) is 44.9 Å². The Morgan fingerprint density at radius 3 is 2.81 bits per heavy atom. The number of rotatable bonds is 9. The Morgan fingerprint density at radius 1 is 1.23 bits per heavy atom. The Labute approximate surface area is 151 Å². The van der Waals surface area contributed by atoms with Gasteiger partial charge in [-0.3, -0.25) is 4.79 Å². The zero-order valence-electron chi connectivity index (χ0n) is 14.9. The highest BCUT2D eigenvalue weighted by atomic mass is 16.7. The largest absolute Gasteiger partial charge is 0.481 e. The van der Waals surface area contributed by atoms with Crippen molar-refractivity contribution in [1.82, 2.24) is 14.7 Å². The highest BCUT2D eigenvalue weighted by molar-refractivity contribution is 6.06. The molecule has 0 unspecified atom stereocenters. The number of nitrogen functional groups attached to an aromatic ring is 1. The number of aromatic nitrogens is 3. The molecule has 0 radical (unpaired) electrons. The van der Waals surface area contributed by atoms with E-state index in [-0.39, 0.29) is 6.42 Å². The highest BCUT2D eigenvalue weighted by Crippen LogP contribution is 2.28. The summed E-state index contributed by atoms with van der Waals surface area (Å²) < 4.78 is 1.77. The maximum atomic E-state index is 10.6. The second-order valence-corrected chi connectivity index (χ2v) is 6.32. The molecule has 3 rings (SSSR count). The van der Waals surface area contributed by atoms with Gasteiger partial charge in [-0.05, 0) is 25.3 Å². The van der Waals surface area contributed by atoms with E-state index in [1.54, 1.807) is 4.73 Å². The number of pyridine rings is 1. The monoisotopic (exact) mass is 356 g/mol. The number of hydrogen-bond donors (Lipinski definition) is 2. The number of carboxylic acid groups (broad SMARTS) is 1. The first-order chi connectivity index (χ1) is 12.6. The number of anilines is 1. The van der Waals surface area contributed by atoms with E-state index in [1.165, 1.54) is 0 Å². The third-order valence-electron chi connectivity index (χ3n) is 4.30. The molecule has 1 aromatic carbocycles. The van der Waals surface area contributed by atoms with E-state index >= 15 is 0 Å². The quantitative estimate of drug-likeness (QED) is 0.571. The van der Waals surface area contributed by atoms with E-state index in [4.69, 9.17) is 15.7 Å². The van der Waals surface area contributed by atoms with Crippen LogP contribution in [0.4, 0.5) is 5.82 Å². The first-order valence-electron chi connectivity index (χ1n) is 9.02.